The molecule has 154 valence electrons. The molecule has 1 aromatic heterocycles. The van der Waals surface area contributed by atoms with Gasteiger partial charge in [0.05, 0.1) is 16.8 Å². The summed E-state index contributed by atoms with van der Waals surface area (Å²) in [6, 6.07) is 12.1. The third-order valence-corrected chi connectivity index (χ3v) is 6.78. The van der Waals surface area contributed by atoms with E-state index >= 15 is 0 Å². The first-order valence-corrected chi connectivity index (χ1v) is 11.2. The van der Waals surface area contributed by atoms with Gasteiger partial charge >= 0.3 is 6.01 Å². The van der Waals surface area contributed by atoms with Crippen molar-refractivity contribution in [1.29, 1.82) is 0 Å². The minimum atomic E-state index is -3.65. The van der Waals surface area contributed by atoms with Crippen LogP contribution < -0.4 is 4.74 Å². The lowest BCUT2D eigenvalue weighted by molar-refractivity contribution is 0.410. The molecule has 0 saturated heterocycles. The fourth-order valence-corrected chi connectivity index (χ4v) is 4.73. The van der Waals surface area contributed by atoms with Crippen LogP contribution >= 0.6 is 0 Å². The lowest BCUT2D eigenvalue weighted by atomic mass is 10.1. The van der Waals surface area contributed by atoms with Crippen molar-refractivity contribution in [3.8, 4) is 11.8 Å². The molecule has 0 aliphatic rings. The molecule has 3 rings (SSSR count). The summed E-state index contributed by atoms with van der Waals surface area (Å²) in [6.07, 6.45) is 1.64. The number of aryl methyl sites for hydroxylation is 2. The first-order chi connectivity index (χ1) is 13.7. The molecule has 0 fully saturated rings. The second-order valence-corrected chi connectivity index (χ2v) is 9.25. The van der Waals surface area contributed by atoms with Crippen molar-refractivity contribution in [2.45, 2.75) is 45.1 Å². The summed E-state index contributed by atoms with van der Waals surface area (Å²) in [5.41, 5.74) is 2.30. The number of benzene rings is 2. The molecule has 1 unspecified atom stereocenters. The zero-order valence-electron chi connectivity index (χ0n) is 17.0. The minimum absolute atomic E-state index is 0.00820. The first-order valence-electron chi connectivity index (χ1n) is 9.50. The van der Waals surface area contributed by atoms with Crippen molar-refractivity contribution in [3.63, 3.8) is 0 Å². The minimum Gasteiger partial charge on any atom is -0.426 e. The summed E-state index contributed by atoms with van der Waals surface area (Å²) in [5, 5.41) is 0. The second kappa shape index (κ2) is 8.37. The standard InChI is InChI=1S/C22H25FN2O3S/c1-5-25-21(13-24-22(25)28-18-9-6-15(2)7-10-18)17(4)14-29(26,27)19-11-8-16(3)20(23)12-19/h6-13,17H,5,14H2,1-4H3. The van der Waals surface area contributed by atoms with E-state index in [4.69, 9.17) is 4.74 Å². The van der Waals surface area contributed by atoms with Gasteiger partial charge in [-0.15, -0.1) is 0 Å². The zero-order chi connectivity index (χ0) is 21.2. The topological polar surface area (TPSA) is 61.2 Å². The van der Waals surface area contributed by atoms with Gasteiger partial charge < -0.3 is 4.74 Å². The van der Waals surface area contributed by atoms with Crippen LogP contribution in [0, 0.1) is 19.7 Å². The predicted molar refractivity (Wildman–Crippen MR) is 111 cm³/mol. The maximum Gasteiger partial charge on any atom is 0.302 e. The van der Waals surface area contributed by atoms with Crippen molar-refractivity contribution in [2.24, 2.45) is 0 Å². The Morgan fingerprint density at radius 1 is 1.14 bits per heavy atom. The van der Waals surface area contributed by atoms with Crippen molar-refractivity contribution < 1.29 is 17.5 Å². The third-order valence-electron chi connectivity index (χ3n) is 4.87. The van der Waals surface area contributed by atoms with Crippen molar-refractivity contribution in [1.82, 2.24) is 9.55 Å². The van der Waals surface area contributed by atoms with Gasteiger partial charge in [0.15, 0.2) is 9.84 Å². The number of sulfone groups is 1. The number of hydrogen-bond acceptors (Lipinski definition) is 4. The van der Waals surface area contributed by atoms with Crippen LogP contribution in [-0.2, 0) is 16.4 Å². The largest absolute Gasteiger partial charge is 0.426 e. The average molecular weight is 417 g/mol. The number of nitrogens with zero attached hydrogens (tertiary/aromatic N) is 2. The fourth-order valence-electron chi connectivity index (χ4n) is 3.15. The number of rotatable bonds is 7. The molecule has 0 aliphatic heterocycles. The van der Waals surface area contributed by atoms with E-state index in [0.29, 0.717) is 23.9 Å². The van der Waals surface area contributed by atoms with Gasteiger partial charge in [-0.2, -0.15) is 0 Å². The van der Waals surface area contributed by atoms with Crippen LogP contribution in [0.25, 0.3) is 0 Å². The molecule has 0 N–H and O–H groups in total. The summed E-state index contributed by atoms with van der Waals surface area (Å²) in [4.78, 5) is 4.33. The molecule has 5 nitrogen and oxygen atoms in total. The Morgan fingerprint density at radius 2 is 1.83 bits per heavy atom. The van der Waals surface area contributed by atoms with Crippen LogP contribution in [-0.4, -0.2) is 23.7 Å². The van der Waals surface area contributed by atoms with E-state index in [9.17, 15) is 12.8 Å². The number of aromatic nitrogens is 2. The van der Waals surface area contributed by atoms with E-state index in [2.05, 4.69) is 4.98 Å². The molecule has 1 heterocycles. The van der Waals surface area contributed by atoms with Crippen molar-refractivity contribution in [2.75, 3.05) is 5.75 Å². The van der Waals surface area contributed by atoms with Crippen molar-refractivity contribution >= 4 is 9.84 Å². The molecule has 0 radical (unpaired) electrons. The van der Waals surface area contributed by atoms with Crippen LogP contribution in [0.3, 0.4) is 0 Å². The smallest absolute Gasteiger partial charge is 0.302 e. The molecule has 0 bridgehead atoms. The van der Waals surface area contributed by atoms with Gasteiger partial charge in [-0.3, -0.25) is 4.57 Å². The molecule has 0 saturated carbocycles. The molecule has 1 atom stereocenters. The molecular weight excluding hydrogens is 391 g/mol. The molecule has 2 aromatic carbocycles. The fraction of sp³-hybridized carbons (Fsp3) is 0.318. The maximum atomic E-state index is 13.8. The average Bonchev–Trinajstić information content (AvgIpc) is 3.08. The van der Waals surface area contributed by atoms with Crippen LogP contribution in [0.5, 0.6) is 11.8 Å². The van der Waals surface area contributed by atoms with Crippen LogP contribution in [0.2, 0.25) is 0 Å². The van der Waals surface area contributed by atoms with Crippen LogP contribution in [0.1, 0.15) is 36.6 Å². The number of hydrogen-bond donors (Lipinski definition) is 0. The van der Waals surface area contributed by atoms with Crippen LogP contribution in [0.4, 0.5) is 4.39 Å². The van der Waals surface area contributed by atoms with E-state index in [1.165, 1.54) is 12.1 Å². The lowest BCUT2D eigenvalue weighted by Gasteiger charge is -2.16. The van der Waals surface area contributed by atoms with Gasteiger partial charge in [0.2, 0.25) is 0 Å². The molecule has 3 aromatic rings. The maximum absolute atomic E-state index is 13.8. The van der Waals surface area contributed by atoms with Gasteiger partial charge in [0.25, 0.3) is 0 Å². The van der Waals surface area contributed by atoms with E-state index in [-0.39, 0.29) is 16.6 Å². The lowest BCUT2D eigenvalue weighted by Crippen LogP contribution is -2.16. The van der Waals surface area contributed by atoms with Crippen molar-refractivity contribution in [3.05, 3.63) is 71.3 Å². The monoisotopic (exact) mass is 416 g/mol. The molecule has 29 heavy (non-hydrogen) atoms. The summed E-state index contributed by atoms with van der Waals surface area (Å²) in [6.45, 7) is 7.95. The normalized spacial score (nSPS) is 12.7. The van der Waals surface area contributed by atoms with E-state index in [1.807, 2.05) is 49.6 Å². The number of imidazole rings is 1. The highest BCUT2D eigenvalue weighted by Crippen LogP contribution is 2.28. The van der Waals surface area contributed by atoms with Gasteiger partial charge in [-0.1, -0.05) is 30.7 Å². The quantitative estimate of drug-likeness (QED) is 0.542. The summed E-state index contributed by atoms with van der Waals surface area (Å²) < 4.78 is 47.1. The van der Waals surface area contributed by atoms with E-state index in [0.717, 1.165) is 17.3 Å². The summed E-state index contributed by atoms with van der Waals surface area (Å²) in [7, 11) is -3.65. The third kappa shape index (κ3) is 4.67. The Labute approximate surface area is 171 Å². The number of halogens is 1. The molecule has 0 spiro atoms. The SMILES string of the molecule is CCn1c(C(C)CS(=O)(=O)c2ccc(C)c(F)c2)cnc1Oc1ccc(C)cc1. The first kappa shape index (κ1) is 21.0. The van der Waals surface area contributed by atoms with Gasteiger partial charge in [-0.05, 0) is 50.6 Å². The van der Waals surface area contributed by atoms with Gasteiger partial charge in [0.1, 0.15) is 11.6 Å². The summed E-state index contributed by atoms with van der Waals surface area (Å²) in [5.74, 6) is -0.346. The molecular formula is C22H25FN2O3S. The molecule has 0 aliphatic carbocycles. The highest BCUT2D eigenvalue weighted by Gasteiger charge is 2.24. The van der Waals surface area contributed by atoms with E-state index < -0.39 is 15.7 Å². The Balaban J connectivity index is 1.83. The number of ether oxygens (including phenoxy) is 1. The van der Waals surface area contributed by atoms with Gasteiger partial charge in [-0.25, -0.2) is 17.8 Å². The molecule has 0 amide bonds. The Bertz CT molecular complexity index is 1110. The summed E-state index contributed by atoms with van der Waals surface area (Å²) >= 11 is 0. The van der Waals surface area contributed by atoms with Gasteiger partial charge in [0, 0.05) is 18.2 Å². The zero-order valence-corrected chi connectivity index (χ0v) is 17.8. The predicted octanol–water partition coefficient (Wildman–Crippen LogP) is 5.03. The highest BCUT2D eigenvalue weighted by molar-refractivity contribution is 7.91. The Kier molecular flexibility index (Phi) is 6.07. The van der Waals surface area contributed by atoms with Crippen LogP contribution in [0.15, 0.2) is 53.6 Å². The highest BCUT2D eigenvalue weighted by atomic mass is 32.2. The van der Waals surface area contributed by atoms with E-state index in [1.54, 1.807) is 13.1 Å². The molecule has 7 heteroatoms. The second-order valence-electron chi connectivity index (χ2n) is 7.22. The Hall–Kier alpha value is -2.67. The Morgan fingerprint density at radius 3 is 2.45 bits per heavy atom.